The lowest BCUT2D eigenvalue weighted by Crippen LogP contribution is -2.32. The summed E-state index contributed by atoms with van der Waals surface area (Å²) in [6, 6.07) is 7.17. The van der Waals surface area contributed by atoms with Crippen molar-refractivity contribution in [1.29, 1.82) is 0 Å². The molecule has 0 saturated carbocycles. The molecule has 5 nitrogen and oxygen atoms in total. The van der Waals surface area contributed by atoms with E-state index >= 15 is 0 Å². The van der Waals surface area contributed by atoms with Gasteiger partial charge in [-0.15, -0.1) is 0 Å². The number of hydrogen-bond acceptors (Lipinski definition) is 4. The maximum Gasteiger partial charge on any atom is 0.257 e. The summed E-state index contributed by atoms with van der Waals surface area (Å²) in [5.41, 5.74) is 1.22. The fraction of sp³-hybridized carbons (Fsp3) is 0.444. The van der Waals surface area contributed by atoms with E-state index in [4.69, 9.17) is 16.1 Å². The predicted octanol–water partition coefficient (Wildman–Crippen LogP) is 3.83. The molecule has 1 aromatic carbocycles. The largest absolute Gasteiger partial charge is 0.393 e. The smallest absolute Gasteiger partial charge is 0.257 e. The third kappa shape index (κ3) is 4.16. The minimum absolute atomic E-state index is 0.222. The van der Waals surface area contributed by atoms with Crippen LogP contribution in [0, 0.1) is 12.3 Å². The second-order valence-electron chi connectivity index (χ2n) is 6.87. The molecule has 2 rings (SSSR count). The molecule has 0 aliphatic rings. The van der Waals surface area contributed by atoms with E-state index in [9.17, 15) is 9.90 Å². The SMILES string of the molecule is Cc1onc(-c2ccccc2Cl)c1C(=O)NCCC(O)C(C)(C)C. The van der Waals surface area contributed by atoms with Crippen LogP contribution in [0.5, 0.6) is 0 Å². The summed E-state index contributed by atoms with van der Waals surface area (Å²) in [6.07, 6.45) is -0.0227. The van der Waals surface area contributed by atoms with Crippen molar-refractivity contribution in [3.8, 4) is 11.3 Å². The molecule has 0 saturated heterocycles. The van der Waals surface area contributed by atoms with Gasteiger partial charge in [-0.1, -0.05) is 55.7 Å². The van der Waals surface area contributed by atoms with E-state index in [0.29, 0.717) is 40.6 Å². The Balaban J connectivity index is 2.14. The fourth-order valence-electron chi connectivity index (χ4n) is 2.32. The molecule has 0 spiro atoms. The third-order valence-electron chi connectivity index (χ3n) is 3.92. The molecular formula is C18H23ClN2O3. The molecule has 1 heterocycles. The number of hydrogen-bond donors (Lipinski definition) is 2. The van der Waals surface area contributed by atoms with E-state index in [2.05, 4.69) is 10.5 Å². The van der Waals surface area contributed by atoms with Crippen molar-refractivity contribution < 1.29 is 14.4 Å². The maximum atomic E-state index is 12.5. The number of carbonyl (C=O) groups is 1. The number of aryl methyl sites for hydroxylation is 1. The fourth-order valence-corrected chi connectivity index (χ4v) is 2.55. The quantitative estimate of drug-likeness (QED) is 0.859. The zero-order valence-electron chi connectivity index (χ0n) is 14.4. The summed E-state index contributed by atoms with van der Waals surface area (Å²) < 4.78 is 5.19. The first-order valence-electron chi connectivity index (χ1n) is 7.89. The van der Waals surface area contributed by atoms with E-state index in [-0.39, 0.29) is 11.3 Å². The van der Waals surface area contributed by atoms with E-state index in [1.165, 1.54) is 0 Å². The van der Waals surface area contributed by atoms with Crippen LogP contribution >= 0.6 is 11.6 Å². The second kappa shape index (κ2) is 7.36. The lowest BCUT2D eigenvalue weighted by atomic mass is 9.87. The summed E-state index contributed by atoms with van der Waals surface area (Å²) >= 11 is 6.19. The molecule has 2 N–H and O–H groups in total. The second-order valence-corrected chi connectivity index (χ2v) is 7.28. The van der Waals surface area contributed by atoms with Crippen LogP contribution in [-0.2, 0) is 0 Å². The molecule has 1 unspecified atom stereocenters. The van der Waals surface area contributed by atoms with Crippen LogP contribution in [0.2, 0.25) is 5.02 Å². The van der Waals surface area contributed by atoms with Gasteiger partial charge in [0.05, 0.1) is 11.1 Å². The maximum absolute atomic E-state index is 12.5. The molecule has 130 valence electrons. The number of benzene rings is 1. The van der Waals surface area contributed by atoms with Crippen molar-refractivity contribution in [3.63, 3.8) is 0 Å². The molecule has 24 heavy (non-hydrogen) atoms. The van der Waals surface area contributed by atoms with Gasteiger partial charge in [-0.3, -0.25) is 4.79 Å². The molecule has 0 fully saturated rings. The standard InChI is InChI=1S/C18H23ClN2O3/c1-11-15(17(23)20-10-9-14(22)18(2,3)4)16(21-24-11)12-7-5-6-8-13(12)19/h5-8,14,22H,9-10H2,1-4H3,(H,20,23). The number of rotatable bonds is 5. The average Bonchev–Trinajstić information content (AvgIpc) is 2.88. The van der Waals surface area contributed by atoms with Gasteiger partial charge < -0.3 is 14.9 Å². The van der Waals surface area contributed by atoms with Gasteiger partial charge in [0.15, 0.2) is 0 Å². The third-order valence-corrected chi connectivity index (χ3v) is 4.25. The minimum Gasteiger partial charge on any atom is -0.393 e. The van der Waals surface area contributed by atoms with Gasteiger partial charge in [-0.2, -0.15) is 0 Å². The van der Waals surface area contributed by atoms with Crippen LogP contribution in [0.1, 0.15) is 43.3 Å². The van der Waals surface area contributed by atoms with Crippen LogP contribution < -0.4 is 5.32 Å². The zero-order valence-corrected chi connectivity index (χ0v) is 15.1. The summed E-state index contributed by atoms with van der Waals surface area (Å²) in [5, 5.41) is 17.4. The van der Waals surface area contributed by atoms with Gasteiger partial charge in [-0.05, 0) is 24.8 Å². The van der Waals surface area contributed by atoms with Gasteiger partial charge in [0.2, 0.25) is 0 Å². The number of nitrogens with one attached hydrogen (secondary N) is 1. The number of carbonyl (C=O) groups excluding carboxylic acids is 1. The normalized spacial score (nSPS) is 12.9. The van der Waals surface area contributed by atoms with Crippen LogP contribution in [0.25, 0.3) is 11.3 Å². The van der Waals surface area contributed by atoms with Crippen LogP contribution in [0.15, 0.2) is 28.8 Å². The van der Waals surface area contributed by atoms with E-state index in [1.807, 2.05) is 32.9 Å². The number of halogens is 1. The van der Waals surface area contributed by atoms with E-state index in [1.54, 1.807) is 19.1 Å². The Morgan fingerprint density at radius 1 is 1.38 bits per heavy atom. The van der Waals surface area contributed by atoms with Gasteiger partial charge in [0, 0.05) is 12.1 Å². The van der Waals surface area contributed by atoms with Crippen molar-refractivity contribution >= 4 is 17.5 Å². The van der Waals surface area contributed by atoms with Gasteiger partial charge in [0.1, 0.15) is 17.0 Å². The summed E-state index contributed by atoms with van der Waals surface area (Å²) in [7, 11) is 0. The Morgan fingerprint density at radius 2 is 2.04 bits per heavy atom. The number of aliphatic hydroxyl groups excluding tert-OH is 1. The number of nitrogens with zero attached hydrogens (tertiary/aromatic N) is 1. The Bertz CT molecular complexity index is 719. The molecule has 1 atom stereocenters. The summed E-state index contributed by atoms with van der Waals surface area (Å²) in [5.74, 6) is 0.142. The zero-order chi connectivity index (χ0) is 17.9. The molecule has 2 aromatic rings. The van der Waals surface area contributed by atoms with Gasteiger partial charge in [0.25, 0.3) is 5.91 Å². The predicted molar refractivity (Wildman–Crippen MR) is 94.1 cm³/mol. The van der Waals surface area contributed by atoms with Crippen molar-refractivity contribution in [2.45, 2.75) is 40.2 Å². The highest BCUT2D eigenvalue weighted by molar-refractivity contribution is 6.33. The van der Waals surface area contributed by atoms with E-state index < -0.39 is 6.10 Å². The van der Waals surface area contributed by atoms with Crippen molar-refractivity contribution in [2.75, 3.05) is 6.54 Å². The molecule has 0 aliphatic heterocycles. The Kier molecular flexibility index (Phi) is 5.67. The van der Waals surface area contributed by atoms with Crippen LogP contribution in [0.3, 0.4) is 0 Å². The topological polar surface area (TPSA) is 75.4 Å². The summed E-state index contributed by atoms with van der Waals surface area (Å²) in [6.45, 7) is 7.92. The molecule has 1 aromatic heterocycles. The minimum atomic E-state index is -0.496. The van der Waals surface area contributed by atoms with Crippen LogP contribution in [0.4, 0.5) is 0 Å². The van der Waals surface area contributed by atoms with Crippen molar-refractivity contribution in [1.82, 2.24) is 10.5 Å². The van der Waals surface area contributed by atoms with Gasteiger partial charge >= 0.3 is 0 Å². The molecule has 1 amide bonds. The molecule has 0 bridgehead atoms. The highest BCUT2D eigenvalue weighted by atomic mass is 35.5. The number of amides is 1. The first-order valence-corrected chi connectivity index (χ1v) is 8.27. The first-order chi connectivity index (χ1) is 11.2. The highest BCUT2D eigenvalue weighted by Crippen LogP contribution is 2.31. The lowest BCUT2D eigenvalue weighted by Gasteiger charge is -2.25. The number of aliphatic hydroxyl groups is 1. The lowest BCUT2D eigenvalue weighted by molar-refractivity contribution is 0.0551. The molecule has 6 heteroatoms. The van der Waals surface area contributed by atoms with Crippen molar-refractivity contribution in [2.24, 2.45) is 5.41 Å². The van der Waals surface area contributed by atoms with E-state index in [0.717, 1.165) is 0 Å². The first kappa shape index (κ1) is 18.5. The Labute approximate surface area is 147 Å². The Hall–Kier alpha value is -1.85. The van der Waals surface area contributed by atoms with Crippen molar-refractivity contribution in [3.05, 3.63) is 40.6 Å². The van der Waals surface area contributed by atoms with Crippen LogP contribution in [-0.4, -0.2) is 28.8 Å². The number of aromatic nitrogens is 1. The molecular weight excluding hydrogens is 328 g/mol. The molecule has 0 aliphatic carbocycles. The highest BCUT2D eigenvalue weighted by Gasteiger charge is 2.24. The monoisotopic (exact) mass is 350 g/mol. The molecule has 0 radical (unpaired) electrons. The average molecular weight is 351 g/mol. The Morgan fingerprint density at radius 3 is 2.67 bits per heavy atom. The van der Waals surface area contributed by atoms with Gasteiger partial charge in [-0.25, -0.2) is 0 Å². The summed E-state index contributed by atoms with van der Waals surface area (Å²) in [4.78, 5) is 12.5.